The van der Waals surface area contributed by atoms with E-state index >= 15 is 0 Å². The van der Waals surface area contributed by atoms with Crippen molar-refractivity contribution in [3.8, 4) is 0 Å². The summed E-state index contributed by atoms with van der Waals surface area (Å²) >= 11 is 0. The normalized spacial score (nSPS) is 38.4. The van der Waals surface area contributed by atoms with Gasteiger partial charge in [-0.05, 0) is 19.3 Å². The van der Waals surface area contributed by atoms with Crippen molar-refractivity contribution in [3.05, 3.63) is 0 Å². The lowest BCUT2D eigenvalue weighted by Gasteiger charge is -2.45. The van der Waals surface area contributed by atoms with Crippen LogP contribution >= 0.6 is 0 Å². The molecule has 0 aromatic heterocycles. The zero-order valence-electron chi connectivity index (χ0n) is 50.8. The topological polar surface area (TPSA) is 456 Å². The summed E-state index contributed by atoms with van der Waals surface area (Å²) < 4.78 is 54.4. The minimum Gasteiger partial charge on any atom is -0.394 e. The van der Waals surface area contributed by atoms with Crippen LogP contribution < -0.4 is 0 Å². The predicted molar refractivity (Wildman–Crippen MR) is 303 cm³/mol. The van der Waals surface area contributed by atoms with E-state index in [0.717, 1.165) is 70.6 Å². The average Bonchev–Trinajstić information content (AvgIpc) is 2.65. The van der Waals surface area contributed by atoms with Gasteiger partial charge in [0.15, 0.2) is 31.5 Å². The van der Waals surface area contributed by atoms with Crippen LogP contribution in [-0.4, -0.2) is 298 Å². The van der Waals surface area contributed by atoms with Crippen molar-refractivity contribution in [1.82, 2.24) is 0 Å². The molecule has 86 heavy (non-hydrogen) atoms. The number of aliphatic hydroxyl groups is 18. The summed E-state index contributed by atoms with van der Waals surface area (Å²) in [5, 5.41) is 177. The van der Waals surface area contributed by atoms with E-state index in [9.17, 15) is 86.8 Å². The Hall–Kier alpha value is -1.12. The first-order chi connectivity index (χ1) is 41.3. The number of rotatable bonds is 37. The maximum atomic E-state index is 10.6. The molecule has 0 aromatic rings. The van der Waals surface area contributed by atoms with Gasteiger partial charge in [0.2, 0.25) is 0 Å². The second-order valence-corrected chi connectivity index (χ2v) is 23.1. The third kappa shape index (κ3) is 25.8. The van der Waals surface area contributed by atoms with Crippen LogP contribution in [0.1, 0.15) is 162 Å². The van der Waals surface area contributed by atoms with Gasteiger partial charge in [-0.15, -0.1) is 0 Å². The van der Waals surface area contributed by atoms with Crippen molar-refractivity contribution in [3.63, 3.8) is 0 Å². The predicted octanol–water partition coefficient (Wildman–Crippen LogP) is -2.30. The average molecular weight is 1260 g/mol. The Labute approximate surface area is 506 Å². The van der Waals surface area contributed by atoms with Gasteiger partial charge >= 0.3 is 0 Å². The molecule has 0 aromatic carbocycles. The van der Waals surface area contributed by atoms with Crippen LogP contribution in [0.25, 0.3) is 0 Å². The minimum atomic E-state index is -1.69. The summed E-state index contributed by atoms with van der Waals surface area (Å²) in [6, 6.07) is 0. The van der Waals surface area contributed by atoms with Crippen molar-refractivity contribution >= 4 is 0 Å². The molecule has 0 amide bonds. The van der Waals surface area contributed by atoms with E-state index in [4.69, 9.17) is 52.5 Å². The highest BCUT2D eigenvalue weighted by Crippen LogP contribution is 2.31. The van der Waals surface area contributed by atoms with E-state index in [1.54, 1.807) is 0 Å². The lowest BCUT2D eigenvalue weighted by Crippen LogP contribution is -2.64. The Kier molecular flexibility index (Phi) is 40.9. The maximum absolute atomic E-state index is 10.6. The van der Waals surface area contributed by atoms with E-state index in [-0.39, 0.29) is 6.61 Å². The quantitative estimate of drug-likeness (QED) is 0.0291. The van der Waals surface area contributed by atoms with Gasteiger partial charge in [0, 0.05) is 19.8 Å². The van der Waals surface area contributed by atoms with Crippen LogP contribution in [0.4, 0.5) is 0 Å². The number of aliphatic hydroxyl groups excluding tert-OH is 18. The van der Waals surface area contributed by atoms with Crippen LogP contribution in [0.2, 0.25) is 0 Å². The SMILES string of the molecule is CCCCCCCCCCCCO[C@@H]1OC(CO)[C@@H](O[C@@H]2OC(CO)[C@@H](O)C(O)[C@@H]2O)C(O)[C@@H]1O.CCCCCCCCO[C@@H]1OC(CO)[C@@H](O)C(O)[C@@H]1O.CCCCCCCCO[C@@H]1O[C@H](CO[C@H]2O[C@H](CO)[C@H](O)[C@H](O)[C@H]2O)[C@@H](O)[C@H](O)[C@H]1O. The zero-order chi connectivity index (χ0) is 63.7. The first-order valence-electron chi connectivity index (χ1n) is 31.6. The van der Waals surface area contributed by atoms with Gasteiger partial charge < -0.3 is 139 Å². The smallest absolute Gasteiger partial charge is 0.187 e. The molecule has 0 bridgehead atoms. The van der Waals surface area contributed by atoms with Crippen LogP contribution in [0.3, 0.4) is 0 Å². The molecule has 5 saturated heterocycles. The molecule has 5 aliphatic heterocycles. The molecule has 6 unspecified atom stereocenters. The molecule has 0 aliphatic carbocycles. The Balaban J connectivity index is 0.000000350. The van der Waals surface area contributed by atoms with Crippen LogP contribution in [0.5, 0.6) is 0 Å². The number of hydrogen-bond donors (Lipinski definition) is 18. The fraction of sp³-hybridized carbons (Fsp3) is 1.00. The van der Waals surface area contributed by atoms with Crippen molar-refractivity contribution in [1.29, 1.82) is 0 Å². The highest BCUT2D eigenvalue weighted by molar-refractivity contribution is 4.95. The molecular weight excluding hydrogens is 1140 g/mol. The summed E-state index contributed by atoms with van der Waals surface area (Å²) in [5.41, 5.74) is 0. The Morgan fingerprint density at radius 3 is 0.814 bits per heavy atom. The Bertz CT molecular complexity index is 1640. The number of hydrogen-bond acceptors (Lipinski definition) is 28. The van der Waals surface area contributed by atoms with Crippen molar-refractivity contribution in [2.75, 3.05) is 52.9 Å². The molecule has 28 nitrogen and oxygen atoms in total. The molecule has 0 radical (unpaired) electrons. The Morgan fingerprint density at radius 2 is 0.488 bits per heavy atom. The summed E-state index contributed by atoms with van der Waals surface area (Å²) in [7, 11) is 0. The lowest BCUT2D eigenvalue weighted by atomic mass is 9.97. The van der Waals surface area contributed by atoms with Crippen LogP contribution in [0, 0.1) is 0 Å². The van der Waals surface area contributed by atoms with E-state index in [1.807, 2.05) is 0 Å². The molecule has 0 spiro atoms. The largest absolute Gasteiger partial charge is 0.394 e. The lowest BCUT2D eigenvalue weighted by molar-refractivity contribution is -0.359. The van der Waals surface area contributed by atoms with Gasteiger partial charge in [-0.2, -0.15) is 0 Å². The van der Waals surface area contributed by atoms with Gasteiger partial charge in [-0.3, -0.25) is 0 Å². The highest BCUT2D eigenvalue weighted by Gasteiger charge is 2.52. The third-order valence-electron chi connectivity index (χ3n) is 16.1. The van der Waals surface area contributed by atoms with Crippen molar-refractivity contribution in [2.24, 2.45) is 0 Å². The third-order valence-corrected chi connectivity index (χ3v) is 16.1. The second-order valence-electron chi connectivity index (χ2n) is 23.1. The van der Waals surface area contributed by atoms with Gasteiger partial charge in [0.1, 0.15) is 122 Å². The molecule has 18 N–H and O–H groups in total. The molecule has 28 heteroatoms. The molecule has 512 valence electrons. The van der Waals surface area contributed by atoms with E-state index < -0.39 is 180 Å². The maximum Gasteiger partial charge on any atom is 0.187 e. The minimum absolute atomic E-state index is 0.316. The van der Waals surface area contributed by atoms with Gasteiger partial charge in [0.25, 0.3) is 0 Å². The fourth-order valence-corrected chi connectivity index (χ4v) is 10.4. The Morgan fingerprint density at radius 1 is 0.244 bits per heavy atom. The second kappa shape index (κ2) is 44.4. The molecule has 5 rings (SSSR count). The molecule has 25 atom stereocenters. The van der Waals surface area contributed by atoms with Gasteiger partial charge in [-0.25, -0.2) is 0 Å². The van der Waals surface area contributed by atoms with Gasteiger partial charge in [0.05, 0.1) is 33.0 Å². The summed E-state index contributed by atoms with van der Waals surface area (Å²) in [4.78, 5) is 0. The van der Waals surface area contributed by atoms with E-state index in [2.05, 4.69) is 20.8 Å². The standard InChI is InChI=1S/C24H46O11.C20H38O11.C14H28O6/c1-2-3-4-5-6-7-8-9-10-11-12-32-23-21(31)19(29)22(16(14-26)34-23)35-24-20(30)18(28)17(27)15(13-25)33-24;1-2-3-4-5-6-7-8-28-19-17(26)16(25)14(23)12(31-19)10-29-20-18(27)15(24)13(22)11(9-21)30-20;1-2-3-4-5-6-7-8-19-14-13(18)12(17)11(16)10(9-15)20-14/h15-31H,2-14H2,1H3;11-27H,2-10H2,1H3;10-18H,2-9H2,1H3/t15?,16?,17-,18?,19?,20+,21+,22-,23-,24+;11-,12-,13+,14-,15+,16+,17-,18-,19-,20+;10?,11-,12?,13+,14-/m111/s1. The van der Waals surface area contributed by atoms with Crippen LogP contribution in [0.15, 0.2) is 0 Å². The molecule has 0 saturated carbocycles. The van der Waals surface area contributed by atoms with Gasteiger partial charge in [-0.1, -0.05) is 143 Å². The summed E-state index contributed by atoms with van der Waals surface area (Å²) in [6.07, 6.45) is -9.48. The zero-order valence-corrected chi connectivity index (χ0v) is 50.8. The molecule has 5 fully saturated rings. The molecule has 5 heterocycles. The molecule has 5 aliphatic rings. The number of ether oxygens (including phenoxy) is 10. The summed E-state index contributed by atoms with van der Waals surface area (Å²) in [5.74, 6) is 0. The fourth-order valence-electron chi connectivity index (χ4n) is 10.4. The van der Waals surface area contributed by atoms with E-state index in [1.165, 1.54) is 70.6 Å². The van der Waals surface area contributed by atoms with Crippen LogP contribution in [-0.2, 0) is 47.4 Å². The highest BCUT2D eigenvalue weighted by atomic mass is 16.8. The van der Waals surface area contributed by atoms with Crippen molar-refractivity contribution < 1.29 is 139 Å². The first kappa shape index (κ1) is 79.1. The first-order valence-corrected chi connectivity index (χ1v) is 31.6. The summed E-state index contributed by atoms with van der Waals surface area (Å²) in [6.45, 7) is 4.95. The van der Waals surface area contributed by atoms with Crippen molar-refractivity contribution in [2.45, 2.75) is 316 Å². The number of unbranched alkanes of at least 4 members (excludes halogenated alkanes) is 19. The molecular formula is C58H112O28. The van der Waals surface area contributed by atoms with E-state index in [0.29, 0.717) is 19.8 Å². The monoisotopic (exact) mass is 1260 g/mol.